The molecule has 4 aromatic rings. The van der Waals surface area contributed by atoms with E-state index in [4.69, 9.17) is 20.9 Å². The van der Waals surface area contributed by atoms with Crippen molar-refractivity contribution < 1.29 is 19.1 Å². The molecule has 15 nitrogen and oxygen atoms in total. The number of carbonyl (C=O) groups is 2. The van der Waals surface area contributed by atoms with Crippen LogP contribution in [0.2, 0.25) is 0 Å². The predicted molar refractivity (Wildman–Crippen MR) is 274 cm³/mol. The monoisotopic (exact) mass is 939 g/mol. The number of aryl methyl sites for hydroxylation is 1. The number of amides is 2. The molecule has 0 spiro atoms. The fourth-order valence-corrected chi connectivity index (χ4v) is 9.66. The van der Waals surface area contributed by atoms with Crippen LogP contribution in [-0.4, -0.2) is 138 Å². The largest absolute Gasteiger partial charge is 0.497 e. The van der Waals surface area contributed by atoms with E-state index in [1.165, 1.54) is 19.3 Å². The van der Waals surface area contributed by atoms with Crippen LogP contribution in [0.15, 0.2) is 59.7 Å². The number of rotatable bonds is 13. The highest BCUT2D eigenvalue weighted by molar-refractivity contribution is 5.92. The standard InChI is InChI=1S/C39H55N9O3.C10H15NO2.2C2H6/c1-2-30-23-34-35(43-37(30)49)22-29(24-41-34)27-45-14-18-46(19-15-45)32-8-9-33(42-25-32)38(50)47-12-10-28(11-13-47)26-44-16-20-48(21-17-44)39(51)36(40)31-6-4-3-5-7-31;1-3-13-10-6-9(12-2)5-4-8(10)7-11;2*1-2/h8-9,22-25,28,31,36H,2-7,10-21,26-27,40H2,1H3,(H,43,49);4-6H,3,7,11H2,1-2H3;2*1-2H3. The fourth-order valence-electron chi connectivity index (χ4n) is 9.66. The first-order chi connectivity index (χ1) is 33.2. The van der Waals surface area contributed by atoms with Crippen molar-refractivity contribution in [1.29, 1.82) is 0 Å². The maximum absolute atomic E-state index is 13.4. The first kappa shape index (κ1) is 53.9. The number of nitrogens with two attached hydrogens (primary N) is 2. The van der Waals surface area contributed by atoms with E-state index in [1.807, 2.05) is 106 Å². The Labute approximate surface area is 405 Å². The number of pyridine rings is 3. The van der Waals surface area contributed by atoms with Crippen molar-refractivity contribution in [2.45, 2.75) is 112 Å². The molecule has 1 unspecified atom stereocenters. The Morgan fingerprint density at radius 1 is 0.779 bits per heavy atom. The number of piperazine rings is 2. The first-order valence-corrected chi connectivity index (χ1v) is 25.7. The minimum atomic E-state index is -0.337. The minimum absolute atomic E-state index is 0.0162. The zero-order chi connectivity index (χ0) is 49.0. The number of fused-ring (bicyclic) bond motifs is 1. The number of piperidine rings is 1. The molecule has 15 heteroatoms. The van der Waals surface area contributed by atoms with Crippen molar-refractivity contribution in [3.8, 4) is 11.5 Å². The molecule has 6 heterocycles. The Kier molecular flexibility index (Phi) is 22.0. The number of nitrogens with one attached hydrogen (secondary N) is 1. The van der Waals surface area contributed by atoms with Gasteiger partial charge in [-0.1, -0.05) is 59.9 Å². The van der Waals surface area contributed by atoms with E-state index in [2.05, 4.69) is 29.7 Å². The maximum atomic E-state index is 13.4. The smallest absolute Gasteiger partial charge is 0.272 e. The molecule has 4 fully saturated rings. The van der Waals surface area contributed by atoms with Gasteiger partial charge in [-0.25, -0.2) is 4.98 Å². The molecule has 1 saturated carbocycles. The summed E-state index contributed by atoms with van der Waals surface area (Å²) in [6.45, 7) is 23.3. The summed E-state index contributed by atoms with van der Waals surface area (Å²) in [5.74, 6) is 2.68. The van der Waals surface area contributed by atoms with Crippen LogP contribution in [0.3, 0.4) is 0 Å². The molecule has 3 aromatic heterocycles. The normalized spacial score (nSPS) is 17.8. The lowest BCUT2D eigenvalue weighted by molar-refractivity contribution is -0.136. The lowest BCUT2D eigenvalue weighted by Crippen LogP contribution is -2.55. The lowest BCUT2D eigenvalue weighted by Gasteiger charge is -2.40. The van der Waals surface area contributed by atoms with Crippen LogP contribution >= 0.6 is 0 Å². The molecule has 3 saturated heterocycles. The van der Waals surface area contributed by atoms with Gasteiger partial charge in [0.1, 0.15) is 17.2 Å². The van der Waals surface area contributed by atoms with Gasteiger partial charge >= 0.3 is 0 Å². The third-order valence-electron chi connectivity index (χ3n) is 13.7. The second kappa shape index (κ2) is 27.8. The SMILES string of the molecule is CC.CC.CCOc1cc(OC)ccc1CN.CCc1cc2ncc(CN3CCN(c4ccc(C(=O)N5CCC(CN6CCN(C(=O)C(N)C7CCCCC7)CC6)CC5)nc4)CC3)cc2[nH]c1=O. The third kappa shape index (κ3) is 14.7. The zero-order valence-corrected chi connectivity index (χ0v) is 42.3. The minimum Gasteiger partial charge on any atom is -0.497 e. The van der Waals surface area contributed by atoms with E-state index in [-0.39, 0.29) is 23.4 Å². The predicted octanol–water partition coefficient (Wildman–Crippen LogP) is 6.71. The van der Waals surface area contributed by atoms with Gasteiger partial charge in [-0.2, -0.15) is 0 Å². The quantitative estimate of drug-likeness (QED) is 0.129. The molecule has 5 N–H and O–H groups in total. The van der Waals surface area contributed by atoms with Crippen molar-refractivity contribution in [2.24, 2.45) is 23.3 Å². The van der Waals surface area contributed by atoms with Gasteiger partial charge in [-0.05, 0) is 86.8 Å². The topological polar surface area (TPSA) is 179 Å². The van der Waals surface area contributed by atoms with E-state index in [9.17, 15) is 14.4 Å². The van der Waals surface area contributed by atoms with Gasteiger partial charge in [0.25, 0.3) is 11.5 Å². The summed E-state index contributed by atoms with van der Waals surface area (Å²) in [6, 6.07) is 13.2. The molecule has 1 atom stereocenters. The molecule has 1 aliphatic carbocycles. The number of methoxy groups -OCH3 is 1. The molecular weight excluding hydrogens is 857 g/mol. The van der Waals surface area contributed by atoms with Crippen LogP contribution in [-0.2, 0) is 24.3 Å². The molecule has 1 aromatic carbocycles. The van der Waals surface area contributed by atoms with E-state index < -0.39 is 0 Å². The van der Waals surface area contributed by atoms with Gasteiger partial charge in [0.05, 0.1) is 42.7 Å². The summed E-state index contributed by atoms with van der Waals surface area (Å²) in [6.07, 6.45) is 12.3. The van der Waals surface area contributed by atoms with Gasteiger partial charge in [0.2, 0.25) is 5.91 Å². The molecular formula is C53H82N10O5. The van der Waals surface area contributed by atoms with Gasteiger partial charge < -0.3 is 40.6 Å². The van der Waals surface area contributed by atoms with Crippen molar-refractivity contribution in [2.75, 3.05) is 90.6 Å². The maximum Gasteiger partial charge on any atom is 0.272 e. The number of nitrogens with zero attached hydrogens (tertiary/aromatic N) is 7. The number of anilines is 1. The Morgan fingerprint density at radius 2 is 1.47 bits per heavy atom. The van der Waals surface area contributed by atoms with Gasteiger partial charge in [0, 0.05) is 108 Å². The molecule has 68 heavy (non-hydrogen) atoms. The fraction of sp³-hybridized carbons (Fsp3) is 0.604. The summed E-state index contributed by atoms with van der Waals surface area (Å²) in [7, 11) is 1.63. The third-order valence-corrected chi connectivity index (χ3v) is 13.7. The van der Waals surface area contributed by atoms with Crippen LogP contribution in [0, 0.1) is 11.8 Å². The van der Waals surface area contributed by atoms with Crippen LogP contribution in [0.1, 0.15) is 114 Å². The number of aromatic amines is 1. The average molecular weight is 939 g/mol. The number of hydrogen-bond acceptors (Lipinski definition) is 12. The van der Waals surface area contributed by atoms with Gasteiger partial charge in [-0.3, -0.25) is 29.2 Å². The Bertz CT molecular complexity index is 2190. The highest BCUT2D eigenvalue weighted by Gasteiger charge is 2.32. The van der Waals surface area contributed by atoms with E-state index in [0.717, 1.165) is 149 Å². The summed E-state index contributed by atoms with van der Waals surface area (Å²) in [4.78, 5) is 62.1. The average Bonchev–Trinajstić information content (AvgIpc) is 3.40. The molecule has 374 valence electrons. The summed E-state index contributed by atoms with van der Waals surface area (Å²) in [5.41, 5.74) is 17.9. The highest BCUT2D eigenvalue weighted by Crippen LogP contribution is 2.28. The molecule has 2 amide bonds. The summed E-state index contributed by atoms with van der Waals surface area (Å²) < 4.78 is 10.5. The molecule has 0 radical (unpaired) electrons. The first-order valence-electron chi connectivity index (χ1n) is 25.7. The number of benzene rings is 1. The zero-order valence-electron chi connectivity index (χ0n) is 42.3. The summed E-state index contributed by atoms with van der Waals surface area (Å²) >= 11 is 0. The van der Waals surface area contributed by atoms with Crippen LogP contribution in [0.25, 0.3) is 11.0 Å². The second-order valence-corrected chi connectivity index (χ2v) is 17.8. The molecule has 0 bridgehead atoms. The summed E-state index contributed by atoms with van der Waals surface area (Å²) in [5, 5.41) is 0. The van der Waals surface area contributed by atoms with Crippen LogP contribution in [0.5, 0.6) is 11.5 Å². The van der Waals surface area contributed by atoms with Crippen molar-refractivity contribution in [3.05, 3.63) is 87.6 Å². The van der Waals surface area contributed by atoms with Crippen molar-refractivity contribution in [3.63, 3.8) is 0 Å². The number of aromatic nitrogens is 3. The second-order valence-electron chi connectivity index (χ2n) is 17.8. The number of carbonyl (C=O) groups excluding carboxylic acids is 2. The van der Waals surface area contributed by atoms with Crippen LogP contribution < -0.4 is 31.4 Å². The number of likely N-dealkylation sites (tertiary alicyclic amines) is 1. The number of H-pyrrole nitrogens is 1. The van der Waals surface area contributed by atoms with Crippen LogP contribution in [0.4, 0.5) is 5.69 Å². The molecule has 3 aliphatic heterocycles. The lowest BCUT2D eigenvalue weighted by atomic mass is 9.83. The van der Waals surface area contributed by atoms with Crippen molar-refractivity contribution in [1.82, 2.24) is 34.6 Å². The molecule has 8 rings (SSSR count). The Morgan fingerprint density at radius 3 is 2.09 bits per heavy atom. The number of ether oxygens (including phenoxy) is 2. The van der Waals surface area contributed by atoms with Gasteiger partial charge in [-0.15, -0.1) is 0 Å². The van der Waals surface area contributed by atoms with E-state index in [0.29, 0.717) is 37.1 Å². The van der Waals surface area contributed by atoms with Crippen molar-refractivity contribution >= 4 is 28.5 Å². The van der Waals surface area contributed by atoms with E-state index >= 15 is 0 Å². The van der Waals surface area contributed by atoms with E-state index in [1.54, 1.807) is 7.11 Å². The Hall–Kier alpha value is -5.09. The molecule has 4 aliphatic rings. The highest BCUT2D eigenvalue weighted by atomic mass is 16.5. The van der Waals surface area contributed by atoms with Gasteiger partial charge in [0.15, 0.2) is 0 Å². The number of hydrogen-bond donors (Lipinski definition) is 3. The Balaban J connectivity index is 0.000000434.